The van der Waals surface area contributed by atoms with Gasteiger partial charge in [0, 0.05) is 0 Å². The minimum atomic E-state index is -0.401. The van der Waals surface area contributed by atoms with E-state index in [1.807, 2.05) is 6.07 Å². The van der Waals surface area contributed by atoms with E-state index in [2.05, 4.69) is 4.74 Å². The lowest BCUT2D eigenvalue weighted by Crippen LogP contribution is -2.16. The highest BCUT2D eigenvalue weighted by molar-refractivity contribution is 5.89. The van der Waals surface area contributed by atoms with Crippen molar-refractivity contribution in [2.45, 2.75) is 13.0 Å². The lowest BCUT2D eigenvalue weighted by molar-refractivity contribution is -0.144. The number of esters is 2. The van der Waals surface area contributed by atoms with Crippen LogP contribution in [-0.4, -0.2) is 32.3 Å². The quantitative estimate of drug-likeness (QED) is 0.778. The number of carbonyl (C=O) groups is 2. The topological polar surface area (TPSA) is 71.1 Å². The van der Waals surface area contributed by atoms with Crippen molar-refractivity contribution in [2.24, 2.45) is 0 Å². The van der Waals surface area contributed by atoms with Gasteiger partial charge in [0.15, 0.2) is 11.5 Å². The van der Waals surface area contributed by atoms with Crippen molar-refractivity contribution in [1.82, 2.24) is 0 Å². The molecule has 6 nitrogen and oxygen atoms in total. The fourth-order valence-electron chi connectivity index (χ4n) is 2.43. The van der Waals surface area contributed by atoms with Gasteiger partial charge in [-0.2, -0.15) is 0 Å². The summed E-state index contributed by atoms with van der Waals surface area (Å²) in [7, 11) is 1.33. The molecule has 0 spiro atoms. The van der Waals surface area contributed by atoms with Crippen molar-refractivity contribution in [1.29, 1.82) is 0 Å². The molecule has 2 aromatic carbocycles. The Bertz CT molecular complexity index is 766. The largest absolute Gasteiger partial charge is 0.486 e. The number of hydrogen-bond acceptors (Lipinski definition) is 6. The van der Waals surface area contributed by atoms with Crippen LogP contribution in [-0.2, 0) is 27.3 Å². The van der Waals surface area contributed by atoms with Crippen LogP contribution in [0, 0.1) is 0 Å². The fraction of sp³-hybridized carbons (Fsp3) is 0.263. The van der Waals surface area contributed by atoms with Gasteiger partial charge in [-0.15, -0.1) is 0 Å². The van der Waals surface area contributed by atoms with Gasteiger partial charge in [-0.1, -0.05) is 18.2 Å². The first-order chi connectivity index (χ1) is 12.2. The summed E-state index contributed by atoms with van der Waals surface area (Å²) in [6.45, 7) is 1.18. The van der Waals surface area contributed by atoms with Crippen molar-refractivity contribution >= 4 is 11.9 Å². The lowest BCUT2D eigenvalue weighted by atomic mass is 10.1. The van der Waals surface area contributed by atoms with Crippen molar-refractivity contribution in [3.8, 4) is 11.5 Å². The van der Waals surface area contributed by atoms with Gasteiger partial charge < -0.3 is 18.9 Å². The second kappa shape index (κ2) is 7.70. The normalized spacial score (nSPS) is 12.4. The third-order valence-electron chi connectivity index (χ3n) is 3.73. The number of methoxy groups -OCH3 is 1. The maximum absolute atomic E-state index is 12.0. The van der Waals surface area contributed by atoms with Crippen LogP contribution in [0.1, 0.15) is 21.5 Å². The summed E-state index contributed by atoms with van der Waals surface area (Å²) in [6, 6.07) is 12.1. The van der Waals surface area contributed by atoms with Crippen LogP contribution in [0.5, 0.6) is 11.5 Å². The van der Waals surface area contributed by atoms with Crippen LogP contribution in [0.2, 0.25) is 0 Å². The molecule has 0 bridgehead atoms. The third kappa shape index (κ3) is 4.29. The molecular weight excluding hydrogens is 324 g/mol. The van der Waals surface area contributed by atoms with Gasteiger partial charge in [-0.3, -0.25) is 4.79 Å². The Morgan fingerprint density at radius 3 is 2.36 bits per heavy atom. The van der Waals surface area contributed by atoms with Crippen molar-refractivity contribution in [2.75, 3.05) is 20.3 Å². The molecule has 1 aliphatic heterocycles. The first-order valence-electron chi connectivity index (χ1n) is 7.87. The monoisotopic (exact) mass is 342 g/mol. The van der Waals surface area contributed by atoms with E-state index >= 15 is 0 Å². The molecule has 0 unspecified atom stereocenters. The molecule has 0 radical (unpaired) electrons. The van der Waals surface area contributed by atoms with Gasteiger partial charge in [0.2, 0.25) is 0 Å². The molecule has 1 aliphatic rings. The highest BCUT2D eigenvalue weighted by atomic mass is 16.6. The zero-order valence-electron chi connectivity index (χ0n) is 13.8. The molecule has 6 heteroatoms. The molecule has 0 saturated heterocycles. The Morgan fingerprint density at radius 2 is 1.64 bits per heavy atom. The Hall–Kier alpha value is -3.02. The summed E-state index contributed by atoms with van der Waals surface area (Å²) in [5, 5.41) is 0. The van der Waals surface area contributed by atoms with Crippen LogP contribution < -0.4 is 9.47 Å². The summed E-state index contributed by atoms with van der Waals surface area (Å²) >= 11 is 0. The van der Waals surface area contributed by atoms with Gasteiger partial charge in [-0.25, -0.2) is 4.79 Å². The summed E-state index contributed by atoms with van der Waals surface area (Å²) in [4.78, 5) is 23.4. The van der Waals surface area contributed by atoms with Crippen molar-refractivity contribution in [3.63, 3.8) is 0 Å². The van der Waals surface area contributed by atoms with E-state index < -0.39 is 5.97 Å². The Labute approximate surface area is 145 Å². The number of carbonyl (C=O) groups excluding carboxylic acids is 2. The molecule has 0 aliphatic carbocycles. The summed E-state index contributed by atoms with van der Waals surface area (Å²) < 4.78 is 20.9. The van der Waals surface area contributed by atoms with Crippen molar-refractivity contribution in [3.05, 3.63) is 59.2 Å². The second-order valence-corrected chi connectivity index (χ2v) is 5.50. The Balaban J connectivity index is 1.53. The molecule has 25 heavy (non-hydrogen) atoms. The van der Waals surface area contributed by atoms with Gasteiger partial charge in [0.05, 0.1) is 19.1 Å². The van der Waals surface area contributed by atoms with E-state index in [0.717, 1.165) is 11.1 Å². The maximum Gasteiger partial charge on any atom is 0.337 e. The third-order valence-corrected chi connectivity index (χ3v) is 3.73. The van der Waals surface area contributed by atoms with E-state index in [4.69, 9.17) is 14.2 Å². The molecule has 0 saturated carbocycles. The zero-order chi connectivity index (χ0) is 17.6. The standard InChI is InChI=1S/C19H18O6/c1-22-19(21)15-5-2-13(3-6-15)12-25-18(20)11-14-4-7-16-17(10-14)24-9-8-23-16/h2-7,10H,8-9,11-12H2,1H3. The van der Waals surface area contributed by atoms with E-state index in [0.29, 0.717) is 30.3 Å². The van der Waals surface area contributed by atoms with Crippen LogP contribution in [0.15, 0.2) is 42.5 Å². The average Bonchev–Trinajstić information content (AvgIpc) is 2.66. The van der Waals surface area contributed by atoms with Gasteiger partial charge in [0.25, 0.3) is 0 Å². The number of hydrogen-bond donors (Lipinski definition) is 0. The molecule has 0 fully saturated rings. The molecule has 130 valence electrons. The summed E-state index contributed by atoms with van der Waals surface area (Å²) in [5.41, 5.74) is 2.05. The zero-order valence-corrected chi connectivity index (χ0v) is 13.8. The van der Waals surface area contributed by atoms with E-state index in [9.17, 15) is 9.59 Å². The predicted octanol–water partition coefficient (Wildman–Crippen LogP) is 2.53. The molecule has 0 amide bonds. The molecular formula is C19H18O6. The van der Waals surface area contributed by atoms with Gasteiger partial charge in [0.1, 0.15) is 19.8 Å². The maximum atomic E-state index is 12.0. The molecule has 1 heterocycles. The van der Waals surface area contributed by atoms with Crippen LogP contribution in [0.4, 0.5) is 0 Å². The number of fused-ring (bicyclic) bond motifs is 1. The highest BCUT2D eigenvalue weighted by Crippen LogP contribution is 2.30. The van der Waals surface area contributed by atoms with Crippen molar-refractivity contribution < 1.29 is 28.5 Å². The molecule has 0 atom stereocenters. The molecule has 2 aromatic rings. The highest BCUT2D eigenvalue weighted by Gasteiger charge is 2.14. The van der Waals surface area contributed by atoms with Gasteiger partial charge in [-0.05, 0) is 35.4 Å². The second-order valence-electron chi connectivity index (χ2n) is 5.50. The Morgan fingerprint density at radius 1 is 0.960 bits per heavy atom. The SMILES string of the molecule is COC(=O)c1ccc(COC(=O)Cc2ccc3c(c2)OCCO3)cc1. The van der Waals surface area contributed by atoms with Gasteiger partial charge >= 0.3 is 11.9 Å². The van der Waals surface area contributed by atoms with Crippen LogP contribution in [0.25, 0.3) is 0 Å². The molecule has 0 N–H and O–H groups in total. The predicted molar refractivity (Wildman–Crippen MR) is 88.7 cm³/mol. The van der Waals surface area contributed by atoms with Crippen LogP contribution in [0.3, 0.4) is 0 Å². The smallest absolute Gasteiger partial charge is 0.337 e. The Kier molecular flexibility index (Phi) is 5.18. The summed E-state index contributed by atoms with van der Waals surface area (Å²) in [6.07, 6.45) is 0.150. The number of rotatable bonds is 5. The van der Waals surface area contributed by atoms with E-state index in [1.54, 1.807) is 36.4 Å². The summed E-state index contributed by atoms with van der Waals surface area (Å²) in [5.74, 6) is 0.597. The van der Waals surface area contributed by atoms with E-state index in [-0.39, 0.29) is 19.0 Å². The first kappa shape index (κ1) is 16.8. The first-order valence-corrected chi connectivity index (χ1v) is 7.87. The average molecular weight is 342 g/mol. The van der Waals surface area contributed by atoms with Crippen LogP contribution >= 0.6 is 0 Å². The minimum absolute atomic E-state index is 0.144. The lowest BCUT2D eigenvalue weighted by Gasteiger charge is -2.18. The number of benzene rings is 2. The molecule has 0 aromatic heterocycles. The minimum Gasteiger partial charge on any atom is -0.486 e. The number of ether oxygens (including phenoxy) is 4. The fourth-order valence-corrected chi connectivity index (χ4v) is 2.43. The molecule has 3 rings (SSSR count). The van der Waals surface area contributed by atoms with E-state index in [1.165, 1.54) is 7.11 Å².